The summed E-state index contributed by atoms with van der Waals surface area (Å²) in [4.78, 5) is 11.2. The number of ether oxygens (including phenoxy) is 2. The van der Waals surface area contributed by atoms with Gasteiger partial charge in [-0.1, -0.05) is 12.1 Å². The average Bonchev–Trinajstić information content (AvgIpc) is 3.11. The van der Waals surface area contributed by atoms with Crippen LogP contribution in [0.4, 0.5) is 0 Å². The molecule has 0 spiro atoms. The molecule has 4 heterocycles. The molecule has 0 saturated carbocycles. The Morgan fingerprint density at radius 2 is 1.64 bits per heavy atom. The first-order chi connectivity index (χ1) is 12.4. The summed E-state index contributed by atoms with van der Waals surface area (Å²) in [7, 11) is 0. The van der Waals surface area contributed by atoms with E-state index in [1.54, 1.807) is 11.3 Å². The molecule has 1 unspecified atom stereocenters. The van der Waals surface area contributed by atoms with E-state index >= 15 is 0 Å². The van der Waals surface area contributed by atoms with Crippen LogP contribution < -0.4 is 9.47 Å². The fourth-order valence-electron chi connectivity index (χ4n) is 2.87. The van der Waals surface area contributed by atoms with Crippen molar-refractivity contribution < 1.29 is 9.47 Å². The van der Waals surface area contributed by atoms with Gasteiger partial charge in [0.25, 0.3) is 0 Å². The zero-order valence-corrected chi connectivity index (χ0v) is 14.6. The molecule has 3 aromatic rings. The Morgan fingerprint density at radius 3 is 2.28 bits per heavy atom. The predicted molar refractivity (Wildman–Crippen MR) is 96.8 cm³/mol. The Hall–Kier alpha value is -2.44. The summed E-state index contributed by atoms with van der Waals surface area (Å²) in [5.74, 6) is 1.69. The van der Waals surface area contributed by atoms with Crippen LogP contribution in [0.5, 0.6) is 11.5 Å². The van der Waals surface area contributed by atoms with Crippen LogP contribution in [0.1, 0.15) is 11.4 Å². The number of pyridine rings is 2. The van der Waals surface area contributed by atoms with Gasteiger partial charge in [0.15, 0.2) is 11.5 Å². The highest BCUT2D eigenvalue weighted by Gasteiger charge is 2.24. The standard InChI is InChI=1S/C19H19N3O2S/c1-3-7-20-15(5-1)9-22(10-16-6-2-4-8-21-16)11-17-12-23-18-13-25-14-19(18)24-17/h1-8,13-14,17H,9-12H2. The van der Waals surface area contributed by atoms with Gasteiger partial charge in [-0.3, -0.25) is 14.9 Å². The lowest BCUT2D eigenvalue weighted by Crippen LogP contribution is -2.40. The highest BCUT2D eigenvalue weighted by Crippen LogP contribution is 2.35. The minimum atomic E-state index is -0.00507. The van der Waals surface area contributed by atoms with Crippen LogP contribution in [0.25, 0.3) is 0 Å². The molecule has 128 valence electrons. The van der Waals surface area contributed by atoms with Crippen molar-refractivity contribution in [3.8, 4) is 11.5 Å². The number of nitrogens with zero attached hydrogens (tertiary/aromatic N) is 3. The Labute approximate surface area is 150 Å². The molecule has 1 aliphatic heterocycles. The lowest BCUT2D eigenvalue weighted by Gasteiger charge is -2.30. The van der Waals surface area contributed by atoms with E-state index in [1.807, 2.05) is 59.6 Å². The van der Waals surface area contributed by atoms with E-state index in [2.05, 4.69) is 14.9 Å². The van der Waals surface area contributed by atoms with Gasteiger partial charge < -0.3 is 9.47 Å². The number of rotatable bonds is 6. The number of hydrogen-bond acceptors (Lipinski definition) is 6. The Bertz CT molecular complexity index is 753. The van der Waals surface area contributed by atoms with Gasteiger partial charge in [-0.2, -0.15) is 0 Å². The topological polar surface area (TPSA) is 47.5 Å². The summed E-state index contributed by atoms with van der Waals surface area (Å²) in [6, 6.07) is 12.0. The minimum absolute atomic E-state index is 0.00507. The van der Waals surface area contributed by atoms with Crippen LogP contribution in [-0.4, -0.2) is 34.1 Å². The second-order valence-corrected chi connectivity index (χ2v) is 6.71. The van der Waals surface area contributed by atoms with Gasteiger partial charge >= 0.3 is 0 Å². The smallest absolute Gasteiger partial charge is 0.172 e. The van der Waals surface area contributed by atoms with Crippen LogP contribution in [-0.2, 0) is 13.1 Å². The number of hydrogen-bond donors (Lipinski definition) is 0. The maximum Gasteiger partial charge on any atom is 0.172 e. The zero-order valence-electron chi connectivity index (χ0n) is 13.7. The molecule has 0 aromatic carbocycles. The second-order valence-electron chi connectivity index (χ2n) is 5.96. The molecule has 0 saturated heterocycles. The third kappa shape index (κ3) is 4.15. The molecule has 1 atom stereocenters. The van der Waals surface area contributed by atoms with Crippen LogP contribution in [0.2, 0.25) is 0 Å². The van der Waals surface area contributed by atoms with Gasteiger partial charge in [0.2, 0.25) is 0 Å². The molecule has 0 aliphatic carbocycles. The average molecular weight is 353 g/mol. The molecule has 6 heteroatoms. The number of aromatic nitrogens is 2. The molecular formula is C19H19N3O2S. The molecule has 0 N–H and O–H groups in total. The molecule has 5 nitrogen and oxygen atoms in total. The Kier molecular flexibility index (Phi) is 4.90. The lowest BCUT2D eigenvalue weighted by atomic mass is 10.2. The first-order valence-electron chi connectivity index (χ1n) is 8.24. The van der Waals surface area contributed by atoms with Gasteiger partial charge in [-0.15, -0.1) is 11.3 Å². The van der Waals surface area contributed by atoms with Crippen molar-refractivity contribution in [1.29, 1.82) is 0 Å². The molecule has 1 aliphatic rings. The van der Waals surface area contributed by atoms with Crippen LogP contribution in [0, 0.1) is 0 Å². The molecule has 3 aromatic heterocycles. The highest BCUT2D eigenvalue weighted by atomic mass is 32.1. The van der Waals surface area contributed by atoms with Crippen LogP contribution in [0.15, 0.2) is 59.6 Å². The zero-order chi connectivity index (χ0) is 16.9. The van der Waals surface area contributed by atoms with Crippen molar-refractivity contribution in [1.82, 2.24) is 14.9 Å². The number of fused-ring (bicyclic) bond motifs is 1. The Morgan fingerprint density at radius 1 is 0.960 bits per heavy atom. The normalized spacial score (nSPS) is 16.1. The minimum Gasteiger partial charge on any atom is -0.485 e. The summed E-state index contributed by atoms with van der Waals surface area (Å²) < 4.78 is 11.9. The van der Waals surface area contributed by atoms with Gasteiger partial charge in [-0.05, 0) is 24.3 Å². The summed E-state index contributed by atoms with van der Waals surface area (Å²) in [6.07, 6.45) is 3.65. The SMILES string of the molecule is c1ccc(CN(Cc2ccccn2)CC2COc3cscc3O2)nc1. The summed E-state index contributed by atoms with van der Waals surface area (Å²) in [6.45, 7) is 2.80. The molecule has 0 amide bonds. The van der Waals surface area contributed by atoms with Crippen molar-refractivity contribution in [2.24, 2.45) is 0 Å². The van der Waals surface area contributed by atoms with Gasteiger partial charge in [0.1, 0.15) is 12.7 Å². The van der Waals surface area contributed by atoms with Crippen LogP contribution in [0.3, 0.4) is 0 Å². The van der Waals surface area contributed by atoms with E-state index in [0.29, 0.717) is 6.61 Å². The molecule has 25 heavy (non-hydrogen) atoms. The third-order valence-electron chi connectivity index (χ3n) is 4.00. The lowest BCUT2D eigenvalue weighted by molar-refractivity contribution is 0.0543. The monoisotopic (exact) mass is 353 g/mol. The van der Waals surface area contributed by atoms with Crippen molar-refractivity contribution in [2.75, 3.05) is 13.2 Å². The molecule has 0 fully saturated rings. The van der Waals surface area contributed by atoms with Gasteiger partial charge in [0.05, 0.1) is 11.4 Å². The summed E-state index contributed by atoms with van der Waals surface area (Å²) in [5.41, 5.74) is 2.07. The maximum absolute atomic E-state index is 6.08. The van der Waals surface area contributed by atoms with Crippen molar-refractivity contribution in [3.05, 3.63) is 70.9 Å². The molecular weight excluding hydrogens is 334 g/mol. The van der Waals surface area contributed by atoms with Gasteiger partial charge in [-0.25, -0.2) is 0 Å². The quantitative estimate of drug-likeness (QED) is 0.680. The predicted octanol–water partition coefficient (Wildman–Crippen LogP) is 3.38. The fraction of sp³-hybridized carbons (Fsp3) is 0.263. The largest absolute Gasteiger partial charge is 0.485 e. The summed E-state index contributed by atoms with van der Waals surface area (Å²) in [5, 5.41) is 3.97. The maximum atomic E-state index is 6.08. The Balaban J connectivity index is 1.47. The molecule has 0 bridgehead atoms. The van der Waals surface area contributed by atoms with Gasteiger partial charge in [0, 0.05) is 42.8 Å². The van der Waals surface area contributed by atoms with E-state index in [1.165, 1.54) is 0 Å². The van der Waals surface area contributed by atoms with E-state index in [4.69, 9.17) is 9.47 Å². The highest BCUT2D eigenvalue weighted by molar-refractivity contribution is 7.08. The first kappa shape index (κ1) is 16.1. The van der Waals surface area contributed by atoms with Crippen molar-refractivity contribution in [3.63, 3.8) is 0 Å². The van der Waals surface area contributed by atoms with E-state index in [9.17, 15) is 0 Å². The first-order valence-corrected chi connectivity index (χ1v) is 9.19. The molecule has 0 radical (unpaired) electrons. The van der Waals surface area contributed by atoms with E-state index in [0.717, 1.165) is 42.5 Å². The fourth-order valence-corrected chi connectivity index (χ4v) is 3.54. The number of thiophene rings is 1. The third-order valence-corrected chi connectivity index (χ3v) is 4.70. The van der Waals surface area contributed by atoms with E-state index < -0.39 is 0 Å². The second kappa shape index (κ2) is 7.63. The van der Waals surface area contributed by atoms with Crippen LogP contribution >= 0.6 is 11.3 Å². The van der Waals surface area contributed by atoms with Crippen molar-refractivity contribution >= 4 is 11.3 Å². The van der Waals surface area contributed by atoms with Crippen molar-refractivity contribution in [2.45, 2.75) is 19.2 Å². The summed E-state index contributed by atoms with van der Waals surface area (Å²) >= 11 is 1.60. The van der Waals surface area contributed by atoms with E-state index in [-0.39, 0.29) is 6.10 Å². The molecule has 4 rings (SSSR count).